The van der Waals surface area contributed by atoms with E-state index in [9.17, 15) is 9.59 Å². The third-order valence-electron chi connectivity index (χ3n) is 2.80. The van der Waals surface area contributed by atoms with E-state index < -0.39 is 5.97 Å². The number of amides is 1. The molecular formula is C13H14N2O5. The molecule has 2 rings (SSSR count). The van der Waals surface area contributed by atoms with Crippen molar-refractivity contribution in [3.05, 3.63) is 41.0 Å². The van der Waals surface area contributed by atoms with Gasteiger partial charge in [-0.2, -0.15) is 0 Å². The van der Waals surface area contributed by atoms with Gasteiger partial charge in [0, 0.05) is 6.42 Å². The number of hydrogen-bond donors (Lipinski definition) is 2. The number of rotatable bonds is 5. The van der Waals surface area contributed by atoms with E-state index in [0.29, 0.717) is 23.7 Å². The summed E-state index contributed by atoms with van der Waals surface area (Å²) in [7, 11) is 0. The van der Waals surface area contributed by atoms with E-state index in [1.165, 1.54) is 12.5 Å². The van der Waals surface area contributed by atoms with Crippen molar-refractivity contribution in [1.29, 1.82) is 0 Å². The Morgan fingerprint density at radius 2 is 2.20 bits per heavy atom. The predicted octanol–water partition coefficient (Wildman–Crippen LogP) is 1.77. The Morgan fingerprint density at radius 1 is 1.45 bits per heavy atom. The summed E-state index contributed by atoms with van der Waals surface area (Å²) in [4.78, 5) is 26.6. The highest BCUT2D eigenvalue weighted by Gasteiger charge is 2.17. The van der Waals surface area contributed by atoms with E-state index in [-0.39, 0.29) is 23.7 Å². The van der Waals surface area contributed by atoms with Crippen LogP contribution in [0.15, 0.2) is 21.3 Å². The van der Waals surface area contributed by atoms with Crippen molar-refractivity contribution in [3.8, 4) is 0 Å². The summed E-state index contributed by atoms with van der Waals surface area (Å²) in [6.45, 7) is 3.50. The molecule has 0 atom stereocenters. The molecule has 2 heterocycles. The van der Waals surface area contributed by atoms with Crippen molar-refractivity contribution in [2.45, 2.75) is 26.8 Å². The zero-order chi connectivity index (χ0) is 14.7. The first-order chi connectivity index (χ1) is 9.52. The molecule has 0 saturated carbocycles. The molecule has 0 aliphatic heterocycles. The molecule has 0 unspecified atom stereocenters. The van der Waals surface area contributed by atoms with Crippen LogP contribution in [0, 0.1) is 6.92 Å². The minimum atomic E-state index is -1.06. The second-order valence-corrected chi connectivity index (χ2v) is 4.15. The van der Waals surface area contributed by atoms with E-state index in [2.05, 4.69) is 10.3 Å². The van der Waals surface area contributed by atoms with Crippen LogP contribution in [0.2, 0.25) is 0 Å². The topological polar surface area (TPSA) is 106 Å². The quantitative estimate of drug-likeness (QED) is 0.863. The number of furan rings is 1. The molecule has 0 aromatic carbocycles. The van der Waals surface area contributed by atoms with Crippen LogP contribution in [0.1, 0.15) is 45.1 Å². The lowest BCUT2D eigenvalue weighted by Crippen LogP contribution is -2.23. The van der Waals surface area contributed by atoms with Crippen LogP contribution in [0.25, 0.3) is 0 Å². The molecule has 2 aromatic rings. The van der Waals surface area contributed by atoms with Crippen LogP contribution >= 0.6 is 0 Å². The standard InChI is InChI=1S/C13H14N2O5/c1-3-10-11(15-6-19-10)12(16)14-5-8-4-9(13(17)18)7(2)20-8/h4,6H,3,5H2,1-2H3,(H,14,16)(H,17,18). The highest BCUT2D eigenvalue weighted by Crippen LogP contribution is 2.15. The maximum atomic E-state index is 11.9. The lowest BCUT2D eigenvalue weighted by atomic mass is 10.2. The van der Waals surface area contributed by atoms with Gasteiger partial charge in [-0.25, -0.2) is 9.78 Å². The number of carbonyl (C=O) groups is 2. The molecule has 0 radical (unpaired) electrons. The number of aromatic carboxylic acids is 1. The Morgan fingerprint density at radius 3 is 2.80 bits per heavy atom. The van der Waals surface area contributed by atoms with Gasteiger partial charge in [0.1, 0.15) is 22.8 Å². The van der Waals surface area contributed by atoms with Gasteiger partial charge >= 0.3 is 5.97 Å². The predicted molar refractivity (Wildman–Crippen MR) is 67.5 cm³/mol. The normalized spacial score (nSPS) is 10.5. The van der Waals surface area contributed by atoms with Crippen LogP contribution in [-0.4, -0.2) is 22.0 Å². The van der Waals surface area contributed by atoms with Crippen molar-refractivity contribution in [2.24, 2.45) is 0 Å². The lowest BCUT2D eigenvalue weighted by molar-refractivity contribution is 0.0694. The molecule has 1 amide bonds. The Kier molecular flexibility index (Phi) is 3.88. The zero-order valence-corrected chi connectivity index (χ0v) is 11.1. The van der Waals surface area contributed by atoms with Crippen LogP contribution in [0.5, 0.6) is 0 Å². The number of aromatic nitrogens is 1. The zero-order valence-electron chi connectivity index (χ0n) is 11.1. The fourth-order valence-corrected chi connectivity index (χ4v) is 1.80. The van der Waals surface area contributed by atoms with Gasteiger partial charge in [0.15, 0.2) is 12.1 Å². The molecular weight excluding hydrogens is 264 g/mol. The first-order valence-corrected chi connectivity index (χ1v) is 6.06. The van der Waals surface area contributed by atoms with Crippen LogP contribution in [-0.2, 0) is 13.0 Å². The number of carboxylic acids is 1. The number of hydrogen-bond acceptors (Lipinski definition) is 5. The fourth-order valence-electron chi connectivity index (χ4n) is 1.80. The summed E-state index contributed by atoms with van der Waals surface area (Å²) in [5.74, 6) is -0.272. The number of oxazole rings is 1. The largest absolute Gasteiger partial charge is 0.478 e. The van der Waals surface area contributed by atoms with Crippen LogP contribution in [0.3, 0.4) is 0 Å². The summed E-state index contributed by atoms with van der Waals surface area (Å²) in [5.41, 5.74) is 0.319. The number of nitrogens with zero attached hydrogens (tertiary/aromatic N) is 1. The fraction of sp³-hybridized carbons (Fsp3) is 0.308. The first kappa shape index (κ1) is 13.9. The summed E-state index contributed by atoms with van der Waals surface area (Å²) in [6.07, 6.45) is 1.78. The van der Waals surface area contributed by atoms with E-state index in [1.54, 1.807) is 6.92 Å². The average Bonchev–Trinajstić information content (AvgIpc) is 3.01. The van der Waals surface area contributed by atoms with Gasteiger partial charge in [-0.15, -0.1) is 0 Å². The van der Waals surface area contributed by atoms with Gasteiger partial charge in [-0.1, -0.05) is 6.92 Å². The smallest absolute Gasteiger partial charge is 0.339 e. The molecule has 0 bridgehead atoms. The minimum absolute atomic E-state index is 0.0863. The van der Waals surface area contributed by atoms with Crippen molar-refractivity contribution in [1.82, 2.24) is 10.3 Å². The molecule has 2 aromatic heterocycles. The van der Waals surface area contributed by atoms with Gasteiger partial charge in [0.05, 0.1) is 6.54 Å². The maximum absolute atomic E-state index is 11.9. The summed E-state index contributed by atoms with van der Waals surface area (Å²) in [5, 5.41) is 11.5. The van der Waals surface area contributed by atoms with Gasteiger partial charge in [0.25, 0.3) is 5.91 Å². The van der Waals surface area contributed by atoms with Crippen LogP contribution in [0.4, 0.5) is 0 Å². The van der Waals surface area contributed by atoms with Gasteiger partial charge in [-0.05, 0) is 13.0 Å². The SMILES string of the molecule is CCc1ocnc1C(=O)NCc1cc(C(=O)O)c(C)o1. The summed E-state index contributed by atoms with van der Waals surface area (Å²) >= 11 is 0. The molecule has 7 heteroatoms. The third-order valence-corrected chi connectivity index (χ3v) is 2.80. The van der Waals surface area contributed by atoms with Gasteiger partial charge < -0.3 is 19.3 Å². The second kappa shape index (κ2) is 5.60. The Hall–Kier alpha value is -2.57. The molecule has 106 valence electrons. The first-order valence-electron chi connectivity index (χ1n) is 6.06. The third kappa shape index (κ3) is 2.71. The highest BCUT2D eigenvalue weighted by atomic mass is 16.4. The van der Waals surface area contributed by atoms with Gasteiger partial charge in [0.2, 0.25) is 0 Å². The number of carboxylic acid groups (broad SMARTS) is 1. The molecule has 2 N–H and O–H groups in total. The monoisotopic (exact) mass is 278 g/mol. The molecule has 0 spiro atoms. The van der Waals surface area contributed by atoms with Crippen molar-refractivity contribution < 1.29 is 23.5 Å². The van der Waals surface area contributed by atoms with Gasteiger partial charge in [-0.3, -0.25) is 4.79 Å². The average molecular weight is 278 g/mol. The van der Waals surface area contributed by atoms with Crippen LogP contribution < -0.4 is 5.32 Å². The van der Waals surface area contributed by atoms with E-state index in [0.717, 1.165) is 0 Å². The second-order valence-electron chi connectivity index (χ2n) is 4.15. The number of nitrogens with one attached hydrogen (secondary N) is 1. The summed E-state index contributed by atoms with van der Waals surface area (Å²) in [6, 6.07) is 1.39. The van der Waals surface area contributed by atoms with Crippen molar-refractivity contribution in [2.75, 3.05) is 0 Å². The Bertz CT molecular complexity index is 641. The molecule has 20 heavy (non-hydrogen) atoms. The maximum Gasteiger partial charge on any atom is 0.339 e. The lowest BCUT2D eigenvalue weighted by Gasteiger charge is -2.01. The van der Waals surface area contributed by atoms with Crippen molar-refractivity contribution >= 4 is 11.9 Å². The summed E-state index contributed by atoms with van der Waals surface area (Å²) < 4.78 is 10.3. The number of aryl methyl sites for hydroxylation is 2. The van der Waals surface area contributed by atoms with E-state index >= 15 is 0 Å². The minimum Gasteiger partial charge on any atom is -0.478 e. The molecule has 0 fully saturated rings. The molecule has 0 aliphatic rings. The molecule has 7 nitrogen and oxygen atoms in total. The Balaban J connectivity index is 2.04. The molecule has 0 saturated heterocycles. The molecule has 0 aliphatic carbocycles. The van der Waals surface area contributed by atoms with E-state index in [4.69, 9.17) is 13.9 Å². The Labute approximate surface area is 114 Å². The van der Waals surface area contributed by atoms with Crippen molar-refractivity contribution in [3.63, 3.8) is 0 Å². The highest BCUT2D eigenvalue weighted by molar-refractivity contribution is 5.93. The van der Waals surface area contributed by atoms with E-state index in [1.807, 2.05) is 6.92 Å². The number of carbonyl (C=O) groups excluding carboxylic acids is 1.